The van der Waals surface area contributed by atoms with E-state index in [2.05, 4.69) is 31.3 Å². The first-order valence-corrected chi connectivity index (χ1v) is 9.32. The maximum atomic E-state index is 12.6. The zero-order chi connectivity index (χ0) is 19.1. The van der Waals surface area contributed by atoms with Crippen molar-refractivity contribution in [3.63, 3.8) is 0 Å². The molecule has 0 fully saturated rings. The predicted molar refractivity (Wildman–Crippen MR) is 112 cm³/mol. The van der Waals surface area contributed by atoms with Gasteiger partial charge in [-0.05, 0) is 34.2 Å². The third kappa shape index (κ3) is 5.18. The molecule has 0 spiro atoms. The minimum absolute atomic E-state index is 0.111. The van der Waals surface area contributed by atoms with Crippen molar-refractivity contribution < 1.29 is 4.79 Å². The van der Waals surface area contributed by atoms with E-state index in [1.807, 2.05) is 78.9 Å². The Bertz CT molecular complexity index is 841. The fraction of sp³-hybridized carbons (Fsp3) is 0.160. The predicted octanol–water partition coefficient (Wildman–Crippen LogP) is 5.73. The number of carbonyl (C=O) groups excluding carboxylic acids is 1. The van der Waals surface area contributed by atoms with Gasteiger partial charge in [0.15, 0.2) is 0 Å². The number of amides is 1. The van der Waals surface area contributed by atoms with E-state index in [1.54, 1.807) is 6.08 Å². The van der Waals surface area contributed by atoms with E-state index in [9.17, 15) is 4.79 Å². The van der Waals surface area contributed by atoms with Crippen molar-refractivity contribution in [2.24, 2.45) is 0 Å². The molecule has 0 heterocycles. The van der Waals surface area contributed by atoms with Crippen LogP contribution in [0, 0.1) is 0 Å². The maximum Gasteiger partial charge on any atom is 0.244 e. The van der Waals surface area contributed by atoms with Crippen molar-refractivity contribution in [2.75, 3.05) is 0 Å². The molecule has 1 amide bonds. The largest absolute Gasteiger partial charge is 0.342 e. The van der Waals surface area contributed by atoms with E-state index in [-0.39, 0.29) is 11.9 Å². The zero-order valence-corrected chi connectivity index (χ0v) is 15.8. The Labute approximate surface area is 161 Å². The number of benzene rings is 3. The molecule has 0 atom stereocenters. The standard InChI is InChI=1S/C25H25NO/c1-19(2)21-16-13-20(14-17-21)15-18-24(27)26-25(22-9-5-3-6-10-22)23-11-7-4-8-12-23/h3-19,25H,1-2H3,(H,26,27)/b18-15+. The Hall–Kier alpha value is -3.13. The molecular weight excluding hydrogens is 330 g/mol. The van der Waals surface area contributed by atoms with E-state index in [4.69, 9.17) is 0 Å². The van der Waals surface area contributed by atoms with Crippen LogP contribution in [-0.2, 0) is 4.79 Å². The number of hydrogen-bond acceptors (Lipinski definition) is 1. The average Bonchev–Trinajstić information content (AvgIpc) is 2.72. The molecular formula is C25H25NO. The Balaban J connectivity index is 1.75. The molecule has 1 N–H and O–H groups in total. The zero-order valence-electron chi connectivity index (χ0n) is 15.8. The summed E-state index contributed by atoms with van der Waals surface area (Å²) in [6.45, 7) is 4.34. The number of hydrogen-bond donors (Lipinski definition) is 1. The lowest BCUT2D eigenvalue weighted by molar-refractivity contribution is -0.116. The first-order valence-electron chi connectivity index (χ1n) is 9.32. The summed E-state index contributed by atoms with van der Waals surface area (Å²) >= 11 is 0. The van der Waals surface area contributed by atoms with Gasteiger partial charge in [0.05, 0.1) is 6.04 Å². The molecule has 2 heteroatoms. The lowest BCUT2D eigenvalue weighted by atomic mass is 9.98. The minimum atomic E-state index is -0.173. The topological polar surface area (TPSA) is 29.1 Å². The highest BCUT2D eigenvalue weighted by Crippen LogP contribution is 2.22. The molecule has 3 rings (SSSR count). The summed E-state index contributed by atoms with van der Waals surface area (Å²) in [5, 5.41) is 3.12. The average molecular weight is 355 g/mol. The summed E-state index contributed by atoms with van der Waals surface area (Å²) in [5.41, 5.74) is 4.44. The van der Waals surface area contributed by atoms with Crippen LogP contribution in [0.15, 0.2) is 91.0 Å². The first-order chi connectivity index (χ1) is 13.1. The number of rotatable bonds is 6. The maximum absolute atomic E-state index is 12.6. The van der Waals surface area contributed by atoms with Crippen molar-refractivity contribution in [1.82, 2.24) is 5.32 Å². The molecule has 0 saturated carbocycles. The SMILES string of the molecule is CC(C)c1ccc(/C=C/C(=O)NC(c2ccccc2)c2ccccc2)cc1. The van der Waals surface area contributed by atoms with Crippen LogP contribution in [0.4, 0.5) is 0 Å². The molecule has 0 unspecified atom stereocenters. The van der Waals surface area contributed by atoms with Crippen LogP contribution < -0.4 is 5.32 Å². The second kappa shape index (κ2) is 9.00. The van der Waals surface area contributed by atoms with Gasteiger partial charge in [-0.15, -0.1) is 0 Å². The van der Waals surface area contributed by atoms with E-state index >= 15 is 0 Å². The third-order valence-corrected chi connectivity index (χ3v) is 4.58. The quantitative estimate of drug-likeness (QED) is 0.562. The summed E-state index contributed by atoms with van der Waals surface area (Å²) in [5.74, 6) is 0.393. The Morgan fingerprint density at radius 2 is 1.26 bits per heavy atom. The molecule has 3 aromatic carbocycles. The summed E-state index contributed by atoms with van der Waals surface area (Å²) < 4.78 is 0. The van der Waals surface area contributed by atoms with Crippen LogP contribution in [0.25, 0.3) is 6.08 Å². The Morgan fingerprint density at radius 1 is 0.741 bits per heavy atom. The highest BCUT2D eigenvalue weighted by Gasteiger charge is 2.15. The van der Waals surface area contributed by atoms with Crippen molar-refractivity contribution in [3.05, 3.63) is 113 Å². The van der Waals surface area contributed by atoms with Gasteiger partial charge in [0, 0.05) is 6.08 Å². The van der Waals surface area contributed by atoms with Gasteiger partial charge in [0.2, 0.25) is 5.91 Å². The van der Waals surface area contributed by atoms with Crippen LogP contribution in [0.3, 0.4) is 0 Å². The molecule has 0 aliphatic carbocycles. The summed E-state index contributed by atoms with van der Waals surface area (Å²) in [4.78, 5) is 12.6. The molecule has 0 saturated heterocycles. The highest BCUT2D eigenvalue weighted by atomic mass is 16.1. The van der Waals surface area contributed by atoms with Crippen molar-refractivity contribution >= 4 is 12.0 Å². The van der Waals surface area contributed by atoms with Crippen LogP contribution in [0.1, 0.15) is 48.1 Å². The van der Waals surface area contributed by atoms with Gasteiger partial charge >= 0.3 is 0 Å². The van der Waals surface area contributed by atoms with E-state index < -0.39 is 0 Å². The third-order valence-electron chi connectivity index (χ3n) is 4.58. The normalized spacial score (nSPS) is 11.3. The summed E-state index contributed by atoms with van der Waals surface area (Å²) in [7, 11) is 0. The van der Waals surface area contributed by atoms with Crippen LogP contribution in [-0.4, -0.2) is 5.91 Å². The van der Waals surface area contributed by atoms with Gasteiger partial charge in [-0.2, -0.15) is 0 Å². The molecule has 3 aromatic rings. The lowest BCUT2D eigenvalue weighted by Gasteiger charge is -2.19. The van der Waals surface area contributed by atoms with Crippen molar-refractivity contribution in [1.29, 1.82) is 0 Å². The Kier molecular flexibility index (Phi) is 6.22. The van der Waals surface area contributed by atoms with Gasteiger partial charge in [-0.1, -0.05) is 98.8 Å². The lowest BCUT2D eigenvalue weighted by Crippen LogP contribution is -2.27. The van der Waals surface area contributed by atoms with E-state index in [0.29, 0.717) is 5.92 Å². The van der Waals surface area contributed by atoms with Crippen molar-refractivity contribution in [2.45, 2.75) is 25.8 Å². The summed E-state index contributed by atoms with van der Waals surface area (Å²) in [6.07, 6.45) is 3.45. The first kappa shape index (κ1) is 18.7. The molecule has 0 bridgehead atoms. The van der Waals surface area contributed by atoms with Crippen LogP contribution in [0.2, 0.25) is 0 Å². The molecule has 0 radical (unpaired) electrons. The van der Waals surface area contributed by atoms with E-state index in [1.165, 1.54) is 5.56 Å². The summed E-state index contributed by atoms with van der Waals surface area (Å²) in [6, 6.07) is 28.2. The smallest absolute Gasteiger partial charge is 0.244 e. The van der Waals surface area contributed by atoms with Gasteiger partial charge in [0.25, 0.3) is 0 Å². The van der Waals surface area contributed by atoms with Crippen LogP contribution in [0.5, 0.6) is 0 Å². The van der Waals surface area contributed by atoms with Crippen molar-refractivity contribution in [3.8, 4) is 0 Å². The molecule has 0 aliphatic rings. The molecule has 136 valence electrons. The molecule has 27 heavy (non-hydrogen) atoms. The van der Waals surface area contributed by atoms with Gasteiger partial charge < -0.3 is 5.32 Å². The second-order valence-corrected chi connectivity index (χ2v) is 6.92. The van der Waals surface area contributed by atoms with Gasteiger partial charge in [-0.3, -0.25) is 4.79 Å². The monoisotopic (exact) mass is 355 g/mol. The number of nitrogens with one attached hydrogen (secondary N) is 1. The minimum Gasteiger partial charge on any atom is -0.342 e. The molecule has 0 aliphatic heterocycles. The number of carbonyl (C=O) groups is 1. The van der Waals surface area contributed by atoms with Crippen LogP contribution >= 0.6 is 0 Å². The second-order valence-electron chi connectivity index (χ2n) is 6.92. The molecule has 0 aromatic heterocycles. The fourth-order valence-electron chi connectivity index (χ4n) is 3.00. The Morgan fingerprint density at radius 3 is 1.74 bits per heavy atom. The molecule has 2 nitrogen and oxygen atoms in total. The van der Waals surface area contributed by atoms with Gasteiger partial charge in [-0.25, -0.2) is 0 Å². The fourth-order valence-corrected chi connectivity index (χ4v) is 3.00. The van der Waals surface area contributed by atoms with E-state index in [0.717, 1.165) is 16.7 Å². The van der Waals surface area contributed by atoms with Gasteiger partial charge in [0.1, 0.15) is 0 Å². The highest BCUT2D eigenvalue weighted by molar-refractivity contribution is 5.92.